The molecule has 3 aromatic rings. The van der Waals surface area contributed by atoms with Crippen LogP contribution in [0.3, 0.4) is 0 Å². The molecule has 0 N–H and O–H groups in total. The molecule has 120 valence electrons. The SMILES string of the molecule is CC(=O)C(c1ccccc1)(c1ccccc1C)c1ccccc1C. The van der Waals surface area contributed by atoms with Gasteiger partial charge in [0.1, 0.15) is 11.2 Å². The summed E-state index contributed by atoms with van der Waals surface area (Å²) in [6.45, 7) is 5.86. The predicted molar refractivity (Wildman–Crippen MR) is 99.4 cm³/mol. The summed E-state index contributed by atoms with van der Waals surface area (Å²) in [5.41, 5.74) is 4.59. The van der Waals surface area contributed by atoms with Crippen molar-refractivity contribution in [3.05, 3.63) is 107 Å². The van der Waals surface area contributed by atoms with E-state index in [4.69, 9.17) is 0 Å². The molecule has 24 heavy (non-hydrogen) atoms. The van der Waals surface area contributed by atoms with Crippen molar-refractivity contribution < 1.29 is 4.79 Å². The molecular formula is C23H22O. The molecule has 1 nitrogen and oxygen atoms in total. The van der Waals surface area contributed by atoms with Gasteiger partial charge in [-0.15, -0.1) is 0 Å². The molecule has 0 radical (unpaired) electrons. The van der Waals surface area contributed by atoms with E-state index < -0.39 is 5.41 Å². The van der Waals surface area contributed by atoms with E-state index in [1.54, 1.807) is 6.92 Å². The van der Waals surface area contributed by atoms with Crippen LogP contribution in [-0.2, 0) is 10.2 Å². The number of carbonyl (C=O) groups is 1. The Kier molecular flexibility index (Phi) is 4.35. The van der Waals surface area contributed by atoms with E-state index in [1.807, 2.05) is 42.5 Å². The van der Waals surface area contributed by atoms with Crippen molar-refractivity contribution in [1.29, 1.82) is 0 Å². The predicted octanol–water partition coefficient (Wildman–Crippen LogP) is 5.23. The molecule has 0 fully saturated rings. The minimum Gasteiger partial charge on any atom is -0.298 e. The maximum atomic E-state index is 13.2. The first-order valence-corrected chi connectivity index (χ1v) is 8.27. The van der Waals surface area contributed by atoms with Crippen molar-refractivity contribution in [3.8, 4) is 0 Å². The highest BCUT2D eigenvalue weighted by Gasteiger charge is 2.42. The largest absolute Gasteiger partial charge is 0.298 e. The third-order valence-electron chi connectivity index (χ3n) is 4.83. The molecule has 0 saturated carbocycles. The number of Topliss-reactive ketones (excluding diaryl/α,β-unsaturated/α-hetero) is 1. The first-order valence-electron chi connectivity index (χ1n) is 8.27. The summed E-state index contributed by atoms with van der Waals surface area (Å²) in [5.74, 6) is 0.136. The second-order valence-corrected chi connectivity index (χ2v) is 6.30. The van der Waals surface area contributed by atoms with Gasteiger partial charge in [0, 0.05) is 0 Å². The number of hydrogen-bond acceptors (Lipinski definition) is 1. The van der Waals surface area contributed by atoms with E-state index in [0.29, 0.717) is 0 Å². The van der Waals surface area contributed by atoms with Crippen molar-refractivity contribution in [2.45, 2.75) is 26.2 Å². The van der Waals surface area contributed by atoms with Gasteiger partial charge in [-0.05, 0) is 48.6 Å². The van der Waals surface area contributed by atoms with E-state index in [1.165, 1.54) is 0 Å². The lowest BCUT2D eigenvalue weighted by Crippen LogP contribution is -2.38. The molecular weight excluding hydrogens is 292 g/mol. The summed E-state index contributed by atoms with van der Waals surface area (Å²) in [6, 6.07) is 26.5. The maximum Gasteiger partial charge on any atom is 0.149 e. The van der Waals surface area contributed by atoms with Crippen LogP contribution < -0.4 is 0 Å². The van der Waals surface area contributed by atoms with Gasteiger partial charge >= 0.3 is 0 Å². The lowest BCUT2D eigenvalue weighted by Gasteiger charge is -2.35. The topological polar surface area (TPSA) is 17.1 Å². The highest BCUT2D eigenvalue weighted by atomic mass is 16.1. The van der Waals surface area contributed by atoms with Gasteiger partial charge < -0.3 is 0 Å². The minimum absolute atomic E-state index is 0.136. The van der Waals surface area contributed by atoms with Crippen LogP contribution >= 0.6 is 0 Å². The standard InChI is InChI=1S/C23H22O/c1-17-11-7-9-15-21(17)23(19(3)24,20-13-5-4-6-14-20)22-16-10-8-12-18(22)2/h4-16H,1-3H3. The third-order valence-corrected chi connectivity index (χ3v) is 4.83. The molecule has 0 unspecified atom stereocenters. The Hall–Kier alpha value is -2.67. The van der Waals surface area contributed by atoms with Crippen molar-refractivity contribution in [2.24, 2.45) is 0 Å². The van der Waals surface area contributed by atoms with Crippen LogP contribution in [0.15, 0.2) is 78.9 Å². The normalized spacial score (nSPS) is 11.3. The zero-order valence-electron chi connectivity index (χ0n) is 14.4. The molecule has 3 rings (SSSR count). The highest BCUT2D eigenvalue weighted by molar-refractivity contribution is 5.96. The van der Waals surface area contributed by atoms with Gasteiger partial charge in [-0.3, -0.25) is 4.79 Å². The molecule has 0 aliphatic carbocycles. The summed E-state index contributed by atoms with van der Waals surface area (Å²) in [5, 5.41) is 0. The maximum absolute atomic E-state index is 13.2. The Morgan fingerprint density at radius 1 is 0.667 bits per heavy atom. The fraction of sp³-hybridized carbons (Fsp3) is 0.174. The lowest BCUT2D eigenvalue weighted by atomic mass is 9.65. The first kappa shape index (κ1) is 16.2. The number of ketones is 1. The number of hydrogen-bond donors (Lipinski definition) is 0. The van der Waals surface area contributed by atoms with Crippen molar-refractivity contribution in [1.82, 2.24) is 0 Å². The summed E-state index contributed by atoms with van der Waals surface area (Å²) in [4.78, 5) is 13.2. The molecule has 0 heterocycles. The number of rotatable bonds is 4. The molecule has 0 saturated heterocycles. The van der Waals surface area contributed by atoms with Crippen LogP contribution in [0.25, 0.3) is 0 Å². The second kappa shape index (κ2) is 6.45. The Bertz CT molecular complexity index is 816. The van der Waals surface area contributed by atoms with E-state index in [-0.39, 0.29) is 5.78 Å². The van der Waals surface area contributed by atoms with Crippen LogP contribution in [0, 0.1) is 13.8 Å². The fourth-order valence-electron chi connectivity index (χ4n) is 3.71. The minimum atomic E-state index is -0.780. The zero-order chi connectivity index (χ0) is 17.2. The van der Waals surface area contributed by atoms with E-state index in [2.05, 4.69) is 50.2 Å². The molecule has 0 aromatic heterocycles. The second-order valence-electron chi connectivity index (χ2n) is 6.30. The van der Waals surface area contributed by atoms with Crippen LogP contribution in [0.2, 0.25) is 0 Å². The first-order chi connectivity index (χ1) is 11.6. The van der Waals surface area contributed by atoms with Crippen molar-refractivity contribution in [3.63, 3.8) is 0 Å². The summed E-state index contributed by atoms with van der Waals surface area (Å²) < 4.78 is 0. The monoisotopic (exact) mass is 314 g/mol. The Morgan fingerprint density at radius 3 is 1.50 bits per heavy atom. The van der Waals surface area contributed by atoms with Gasteiger partial charge in [0.05, 0.1) is 0 Å². The van der Waals surface area contributed by atoms with Crippen LogP contribution in [0.5, 0.6) is 0 Å². The number of carbonyl (C=O) groups excluding carboxylic acids is 1. The van der Waals surface area contributed by atoms with Crippen LogP contribution in [0.1, 0.15) is 34.7 Å². The van der Waals surface area contributed by atoms with E-state index in [0.717, 1.165) is 27.8 Å². The lowest BCUT2D eigenvalue weighted by molar-refractivity contribution is -0.119. The fourth-order valence-corrected chi connectivity index (χ4v) is 3.71. The molecule has 0 aliphatic rings. The van der Waals surface area contributed by atoms with Gasteiger partial charge in [-0.25, -0.2) is 0 Å². The number of aryl methyl sites for hydroxylation is 2. The van der Waals surface area contributed by atoms with E-state index >= 15 is 0 Å². The van der Waals surface area contributed by atoms with Gasteiger partial charge in [0.2, 0.25) is 0 Å². The van der Waals surface area contributed by atoms with Gasteiger partial charge in [0.25, 0.3) is 0 Å². The molecule has 3 aromatic carbocycles. The average molecular weight is 314 g/mol. The van der Waals surface area contributed by atoms with Crippen molar-refractivity contribution >= 4 is 5.78 Å². The Labute approximate surface area is 144 Å². The van der Waals surface area contributed by atoms with Gasteiger partial charge in [0.15, 0.2) is 0 Å². The highest BCUT2D eigenvalue weighted by Crippen LogP contribution is 2.42. The Balaban J connectivity index is 2.47. The summed E-state index contributed by atoms with van der Waals surface area (Å²) in [6.07, 6.45) is 0. The molecule has 1 heteroatoms. The molecule has 0 atom stereocenters. The smallest absolute Gasteiger partial charge is 0.149 e. The summed E-state index contributed by atoms with van der Waals surface area (Å²) in [7, 11) is 0. The van der Waals surface area contributed by atoms with E-state index in [9.17, 15) is 4.79 Å². The number of benzene rings is 3. The van der Waals surface area contributed by atoms with Gasteiger partial charge in [-0.2, -0.15) is 0 Å². The molecule has 0 bridgehead atoms. The average Bonchev–Trinajstić information content (AvgIpc) is 2.59. The third kappa shape index (κ3) is 2.46. The van der Waals surface area contributed by atoms with Crippen molar-refractivity contribution in [2.75, 3.05) is 0 Å². The molecule has 0 aliphatic heterocycles. The Morgan fingerprint density at radius 2 is 1.08 bits per heavy atom. The van der Waals surface area contributed by atoms with Gasteiger partial charge in [-0.1, -0.05) is 78.9 Å². The summed E-state index contributed by atoms with van der Waals surface area (Å²) >= 11 is 0. The van der Waals surface area contributed by atoms with Crippen LogP contribution in [-0.4, -0.2) is 5.78 Å². The zero-order valence-corrected chi connectivity index (χ0v) is 14.4. The molecule has 0 spiro atoms. The molecule has 0 amide bonds. The van der Waals surface area contributed by atoms with Crippen LogP contribution in [0.4, 0.5) is 0 Å². The quantitative estimate of drug-likeness (QED) is 0.603.